The minimum absolute atomic E-state index is 0.0362. The van der Waals surface area contributed by atoms with E-state index in [1.54, 1.807) is 0 Å². The molecule has 0 radical (unpaired) electrons. The normalized spacial score (nSPS) is 11.9. The first-order valence-corrected chi connectivity index (χ1v) is 9.34. The van der Waals surface area contributed by atoms with Crippen LogP contribution in [0.3, 0.4) is 0 Å². The summed E-state index contributed by atoms with van der Waals surface area (Å²) in [7, 11) is 0. The Hall–Kier alpha value is -2.68. The van der Waals surface area contributed by atoms with Gasteiger partial charge < -0.3 is 10.6 Å². The second-order valence-corrected chi connectivity index (χ2v) is 7.54. The van der Waals surface area contributed by atoms with E-state index in [9.17, 15) is 10.1 Å². The smallest absolute Gasteiger partial charge is 0.238 e. The lowest BCUT2D eigenvalue weighted by atomic mass is 10.00. The molecular formula is C21H21N3OS. The minimum Gasteiger partial charge on any atom is -0.315 e. The van der Waals surface area contributed by atoms with Gasteiger partial charge in [0, 0.05) is 10.9 Å². The second-order valence-electron chi connectivity index (χ2n) is 6.32. The number of nitriles is 1. The summed E-state index contributed by atoms with van der Waals surface area (Å²) in [6, 6.07) is 16.6. The van der Waals surface area contributed by atoms with Gasteiger partial charge in [0.2, 0.25) is 5.91 Å². The summed E-state index contributed by atoms with van der Waals surface area (Å²) in [5.74, 6) is -0.144. The minimum atomic E-state index is -0.144. The molecule has 0 saturated carbocycles. The molecule has 0 spiro atoms. The Morgan fingerprint density at radius 3 is 2.69 bits per heavy atom. The Kier molecular flexibility index (Phi) is 5.36. The Balaban J connectivity index is 1.68. The standard InChI is InChI=1S/C21H21N3OS/c1-13-15(3)26-21(19(13)11-22)24-20(25)12-23-14(2)17-10-6-8-16-7-4-5-9-18(16)17/h4-10,14,23H,12H2,1-3H3,(H,24,25). The number of carbonyl (C=O) groups excluding carboxylic acids is 1. The van der Waals surface area contributed by atoms with E-state index >= 15 is 0 Å². The van der Waals surface area contributed by atoms with Crippen molar-refractivity contribution in [1.82, 2.24) is 5.32 Å². The van der Waals surface area contributed by atoms with Gasteiger partial charge in [0.1, 0.15) is 11.1 Å². The van der Waals surface area contributed by atoms with E-state index in [0.29, 0.717) is 10.6 Å². The number of rotatable bonds is 5. The number of hydrogen-bond acceptors (Lipinski definition) is 4. The van der Waals surface area contributed by atoms with E-state index in [2.05, 4.69) is 47.9 Å². The highest BCUT2D eigenvalue weighted by Gasteiger charge is 2.15. The van der Waals surface area contributed by atoms with Gasteiger partial charge in [0.05, 0.1) is 12.1 Å². The molecule has 132 valence electrons. The van der Waals surface area contributed by atoms with E-state index in [1.807, 2.05) is 32.0 Å². The fraction of sp³-hybridized carbons (Fsp3) is 0.238. The Labute approximate surface area is 157 Å². The fourth-order valence-electron chi connectivity index (χ4n) is 3.00. The first-order valence-electron chi connectivity index (χ1n) is 8.52. The molecule has 1 aromatic heterocycles. The summed E-state index contributed by atoms with van der Waals surface area (Å²) in [6.07, 6.45) is 0. The predicted molar refractivity (Wildman–Crippen MR) is 108 cm³/mol. The van der Waals surface area contributed by atoms with Crippen LogP contribution in [0.25, 0.3) is 10.8 Å². The van der Waals surface area contributed by atoms with E-state index in [4.69, 9.17) is 0 Å². The van der Waals surface area contributed by atoms with Crippen molar-refractivity contribution in [3.05, 3.63) is 64.0 Å². The second kappa shape index (κ2) is 7.69. The lowest BCUT2D eigenvalue weighted by molar-refractivity contribution is -0.115. The summed E-state index contributed by atoms with van der Waals surface area (Å²) in [5.41, 5.74) is 2.66. The van der Waals surface area contributed by atoms with Gasteiger partial charge in [-0.2, -0.15) is 5.26 Å². The van der Waals surface area contributed by atoms with E-state index in [0.717, 1.165) is 16.0 Å². The molecule has 0 fully saturated rings. The summed E-state index contributed by atoms with van der Waals surface area (Å²) >= 11 is 1.44. The van der Waals surface area contributed by atoms with Gasteiger partial charge in [-0.05, 0) is 42.7 Å². The number of thiophene rings is 1. The summed E-state index contributed by atoms with van der Waals surface area (Å²) in [4.78, 5) is 13.4. The van der Waals surface area contributed by atoms with Crippen LogP contribution in [0.5, 0.6) is 0 Å². The molecule has 1 heterocycles. The van der Waals surface area contributed by atoms with Gasteiger partial charge in [-0.1, -0.05) is 42.5 Å². The molecule has 26 heavy (non-hydrogen) atoms. The van der Waals surface area contributed by atoms with Crippen molar-refractivity contribution >= 4 is 33.0 Å². The van der Waals surface area contributed by atoms with Crippen LogP contribution in [0.15, 0.2) is 42.5 Å². The van der Waals surface area contributed by atoms with Crippen molar-refractivity contribution in [1.29, 1.82) is 5.26 Å². The molecule has 3 rings (SSSR count). The lowest BCUT2D eigenvalue weighted by Gasteiger charge is -2.16. The van der Waals surface area contributed by atoms with Gasteiger partial charge in [0.15, 0.2) is 0 Å². The predicted octanol–water partition coefficient (Wildman–Crippen LogP) is 4.68. The molecule has 1 atom stereocenters. The third-order valence-corrected chi connectivity index (χ3v) is 5.73. The number of nitrogens with zero attached hydrogens (tertiary/aromatic N) is 1. The van der Waals surface area contributed by atoms with Crippen LogP contribution in [0, 0.1) is 25.2 Å². The number of amides is 1. The van der Waals surface area contributed by atoms with E-state index < -0.39 is 0 Å². The summed E-state index contributed by atoms with van der Waals surface area (Å²) in [5, 5.41) is 18.4. The SMILES string of the molecule is Cc1sc(NC(=O)CNC(C)c2cccc3ccccc23)c(C#N)c1C. The van der Waals surface area contributed by atoms with E-state index in [-0.39, 0.29) is 18.5 Å². The van der Waals surface area contributed by atoms with Crippen LogP contribution < -0.4 is 10.6 Å². The maximum atomic E-state index is 12.3. The first-order chi connectivity index (χ1) is 12.5. The zero-order chi connectivity index (χ0) is 18.7. The van der Waals surface area contributed by atoms with Crippen LogP contribution in [0.1, 0.15) is 34.5 Å². The molecule has 2 N–H and O–H groups in total. The highest BCUT2D eigenvalue weighted by molar-refractivity contribution is 7.16. The quantitative estimate of drug-likeness (QED) is 0.692. The number of nitrogens with one attached hydrogen (secondary N) is 2. The molecule has 4 nitrogen and oxygen atoms in total. The Morgan fingerprint density at radius 1 is 1.19 bits per heavy atom. The highest BCUT2D eigenvalue weighted by atomic mass is 32.1. The molecule has 0 aliphatic carbocycles. The molecule has 3 aromatic rings. The molecule has 0 aliphatic heterocycles. The van der Waals surface area contributed by atoms with Gasteiger partial charge in [-0.3, -0.25) is 4.79 Å². The molecule has 2 aromatic carbocycles. The maximum absolute atomic E-state index is 12.3. The Bertz CT molecular complexity index is 995. The number of hydrogen-bond donors (Lipinski definition) is 2. The maximum Gasteiger partial charge on any atom is 0.238 e. The summed E-state index contributed by atoms with van der Waals surface area (Å²) < 4.78 is 0. The molecule has 0 aliphatic rings. The molecular weight excluding hydrogens is 342 g/mol. The molecule has 5 heteroatoms. The van der Waals surface area contributed by atoms with Crippen molar-refractivity contribution in [2.75, 3.05) is 11.9 Å². The zero-order valence-corrected chi connectivity index (χ0v) is 15.9. The van der Waals surface area contributed by atoms with Gasteiger partial charge >= 0.3 is 0 Å². The lowest BCUT2D eigenvalue weighted by Crippen LogP contribution is -2.30. The van der Waals surface area contributed by atoms with Crippen LogP contribution in [0.2, 0.25) is 0 Å². The molecule has 1 amide bonds. The zero-order valence-electron chi connectivity index (χ0n) is 15.1. The fourth-order valence-corrected chi connectivity index (χ4v) is 4.03. The topological polar surface area (TPSA) is 64.9 Å². The van der Waals surface area contributed by atoms with Gasteiger partial charge in [-0.25, -0.2) is 0 Å². The van der Waals surface area contributed by atoms with Crippen molar-refractivity contribution in [2.45, 2.75) is 26.8 Å². The third kappa shape index (κ3) is 3.62. The number of aryl methyl sites for hydroxylation is 1. The van der Waals surface area contributed by atoms with Gasteiger partial charge in [-0.15, -0.1) is 11.3 Å². The number of carbonyl (C=O) groups is 1. The molecule has 1 unspecified atom stereocenters. The third-order valence-electron chi connectivity index (χ3n) is 4.61. The van der Waals surface area contributed by atoms with Crippen LogP contribution in [-0.2, 0) is 4.79 Å². The average Bonchev–Trinajstić information content (AvgIpc) is 2.92. The summed E-state index contributed by atoms with van der Waals surface area (Å²) in [6.45, 7) is 6.10. The van der Waals surface area contributed by atoms with Crippen molar-refractivity contribution < 1.29 is 4.79 Å². The van der Waals surface area contributed by atoms with Crippen molar-refractivity contribution in [3.63, 3.8) is 0 Å². The monoisotopic (exact) mass is 363 g/mol. The first kappa shape index (κ1) is 18.1. The van der Waals surface area contributed by atoms with E-state index in [1.165, 1.54) is 22.1 Å². The Morgan fingerprint density at radius 2 is 1.92 bits per heavy atom. The number of anilines is 1. The number of fused-ring (bicyclic) bond motifs is 1. The van der Waals surface area contributed by atoms with Gasteiger partial charge in [0.25, 0.3) is 0 Å². The highest BCUT2D eigenvalue weighted by Crippen LogP contribution is 2.31. The van der Waals surface area contributed by atoms with Crippen LogP contribution in [-0.4, -0.2) is 12.5 Å². The van der Waals surface area contributed by atoms with Crippen LogP contribution in [0.4, 0.5) is 5.00 Å². The average molecular weight is 363 g/mol. The number of benzene rings is 2. The molecule has 0 saturated heterocycles. The van der Waals surface area contributed by atoms with Crippen molar-refractivity contribution in [3.8, 4) is 6.07 Å². The van der Waals surface area contributed by atoms with Crippen LogP contribution >= 0.6 is 11.3 Å². The van der Waals surface area contributed by atoms with Crippen molar-refractivity contribution in [2.24, 2.45) is 0 Å². The molecule has 0 bridgehead atoms. The largest absolute Gasteiger partial charge is 0.315 e.